The first-order chi connectivity index (χ1) is 10.9. The molecule has 0 aromatic rings. The molecule has 0 fully saturated rings. The Morgan fingerprint density at radius 2 is 0.958 bits per heavy atom. The molecule has 9 heteroatoms. The first-order valence-corrected chi connectivity index (χ1v) is 7.99. The molecule has 1 nitrogen and oxygen atoms in total. The molecule has 0 aromatic heterocycles. The molecule has 0 aliphatic carbocycles. The van der Waals surface area contributed by atoms with E-state index in [4.69, 9.17) is 5.11 Å². The van der Waals surface area contributed by atoms with Crippen LogP contribution in [0, 0.1) is 0 Å². The first-order valence-electron chi connectivity index (χ1n) is 7.99. The van der Waals surface area contributed by atoms with Crippen molar-refractivity contribution in [3.8, 4) is 0 Å². The van der Waals surface area contributed by atoms with Crippen LogP contribution in [0.25, 0.3) is 0 Å². The van der Waals surface area contributed by atoms with Crippen LogP contribution in [0.1, 0.15) is 64.7 Å². The van der Waals surface area contributed by atoms with Crippen molar-refractivity contribution in [1.82, 2.24) is 0 Å². The molecule has 0 radical (unpaired) electrons. The van der Waals surface area contributed by atoms with E-state index in [1.807, 2.05) is 0 Å². The summed E-state index contributed by atoms with van der Waals surface area (Å²) in [5, 5.41) is 8.46. The normalized spacial score (nSPS) is 14.2. The van der Waals surface area contributed by atoms with Crippen LogP contribution in [-0.4, -0.2) is 35.4 Å². The van der Waals surface area contributed by atoms with E-state index < -0.39 is 49.4 Å². The zero-order valence-electron chi connectivity index (χ0n) is 13.5. The Balaban J connectivity index is 5.03. The monoisotopic (exact) mass is 372 g/mol. The largest absolute Gasteiger partial charge is 0.396 e. The Morgan fingerprint density at radius 3 is 1.29 bits per heavy atom. The van der Waals surface area contributed by atoms with Crippen molar-refractivity contribution in [3.05, 3.63) is 0 Å². The van der Waals surface area contributed by atoms with Crippen molar-refractivity contribution in [1.29, 1.82) is 0 Å². The lowest BCUT2D eigenvalue weighted by molar-refractivity contribution is -0.368. The highest BCUT2D eigenvalue weighted by Crippen LogP contribution is 2.55. The molecule has 24 heavy (non-hydrogen) atoms. The fraction of sp³-hybridized carbons (Fsp3) is 1.00. The van der Waals surface area contributed by atoms with Crippen LogP contribution >= 0.6 is 0 Å². The smallest absolute Gasteiger partial charge is 0.378 e. The quantitative estimate of drug-likeness (QED) is 0.308. The van der Waals surface area contributed by atoms with E-state index in [0.717, 1.165) is 0 Å². The molecular weight excluding hydrogens is 348 g/mol. The lowest BCUT2D eigenvalue weighted by Crippen LogP contribution is -2.62. The van der Waals surface area contributed by atoms with Crippen LogP contribution in [0.2, 0.25) is 0 Å². The molecule has 0 saturated heterocycles. The van der Waals surface area contributed by atoms with Crippen molar-refractivity contribution >= 4 is 0 Å². The van der Waals surface area contributed by atoms with Gasteiger partial charge in [-0.1, -0.05) is 32.6 Å². The molecule has 0 bridgehead atoms. The summed E-state index contributed by atoms with van der Waals surface area (Å²) in [4.78, 5) is 0. The summed E-state index contributed by atoms with van der Waals surface area (Å²) < 4.78 is 108. The van der Waals surface area contributed by atoms with Gasteiger partial charge in [0.2, 0.25) is 0 Å². The third-order valence-corrected chi connectivity index (χ3v) is 3.81. The SMILES string of the molecule is CCCCCCC(F)(F)C(F)(F)C(F)(F)C(F)(F)CCCCCO. The van der Waals surface area contributed by atoms with Crippen LogP contribution in [0.5, 0.6) is 0 Å². The number of hydrogen-bond donors (Lipinski definition) is 1. The molecule has 0 rings (SSSR count). The summed E-state index contributed by atoms with van der Waals surface area (Å²) >= 11 is 0. The van der Waals surface area contributed by atoms with Crippen LogP contribution in [0.15, 0.2) is 0 Å². The van der Waals surface area contributed by atoms with Gasteiger partial charge in [-0.25, -0.2) is 0 Å². The van der Waals surface area contributed by atoms with Gasteiger partial charge in [-0.2, -0.15) is 35.1 Å². The maximum Gasteiger partial charge on any atom is 0.378 e. The maximum atomic E-state index is 13.5. The van der Waals surface area contributed by atoms with E-state index in [1.54, 1.807) is 6.92 Å². The molecule has 0 aliphatic heterocycles. The number of aliphatic hydroxyl groups excluding tert-OH is 1. The Morgan fingerprint density at radius 1 is 0.583 bits per heavy atom. The molecule has 0 unspecified atom stereocenters. The minimum Gasteiger partial charge on any atom is -0.396 e. The molecule has 0 amide bonds. The van der Waals surface area contributed by atoms with Crippen molar-refractivity contribution in [2.24, 2.45) is 0 Å². The fourth-order valence-corrected chi connectivity index (χ4v) is 2.18. The summed E-state index contributed by atoms with van der Waals surface area (Å²) in [5.74, 6) is -22.8. The molecule has 0 aliphatic rings. The second-order valence-corrected chi connectivity index (χ2v) is 5.90. The Bertz CT molecular complexity index is 323. The average molecular weight is 372 g/mol. The zero-order valence-corrected chi connectivity index (χ0v) is 13.5. The molecule has 1 N–H and O–H groups in total. The average Bonchev–Trinajstić information content (AvgIpc) is 2.47. The van der Waals surface area contributed by atoms with Crippen molar-refractivity contribution < 1.29 is 40.2 Å². The predicted molar refractivity (Wildman–Crippen MR) is 74.1 cm³/mol. The zero-order chi connectivity index (χ0) is 19.1. The fourth-order valence-electron chi connectivity index (χ4n) is 2.18. The number of rotatable bonds is 13. The second-order valence-electron chi connectivity index (χ2n) is 5.90. The summed E-state index contributed by atoms with van der Waals surface area (Å²) in [6.45, 7) is 1.37. The van der Waals surface area contributed by atoms with Crippen molar-refractivity contribution in [2.75, 3.05) is 6.61 Å². The maximum absolute atomic E-state index is 13.5. The van der Waals surface area contributed by atoms with Gasteiger partial charge in [-0.3, -0.25) is 0 Å². The number of hydrogen-bond acceptors (Lipinski definition) is 1. The van der Waals surface area contributed by atoms with Crippen LogP contribution in [0.3, 0.4) is 0 Å². The first kappa shape index (κ1) is 23.4. The van der Waals surface area contributed by atoms with Gasteiger partial charge in [0, 0.05) is 19.4 Å². The molecule has 0 heterocycles. The predicted octanol–water partition coefficient (Wildman–Crippen LogP) is 6.05. The van der Waals surface area contributed by atoms with Crippen molar-refractivity contribution in [2.45, 2.75) is 88.4 Å². The third kappa shape index (κ3) is 5.46. The van der Waals surface area contributed by atoms with Gasteiger partial charge in [0.25, 0.3) is 0 Å². The number of unbranched alkanes of at least 4 members (excludes halogenated alkanes) is 5. The lowest BCUT2D eigenvalue weighted by Gasteiger charge is -2.37. The second kappa shape index (κ2) is 9.20. The van der Waals surface area contributed by atoms with Gasteiger partial charge in [0.05, 0.1) is 0 Å². The Kier molecular flexibility index (Phi) is 8.97. The van der Waals surface area contributed by atoms with Gasteiger partial charge in [-0.05, 0) is 19.3 Å². The number of alkyl halides is 8. The van der Waals surface area contributed by atoms with Gasteiger partial charge in [-0.15, -0.1) is 0 Å². The van der Waals surface area contributed by atoms with E-state index >= 15 is 0 Å². The van der Waals surface area contributed by atoms with Crippen LogP contribution in [-0.2, 0) is 0 Å². The minimum atomic E-state index is -6.16. The number of aliphatic hydroxyl groups is 1. The van der Waals surface area contributed by atoms with E-state index in [2.05, 4.69) is 0 Å². The molecule has 0 spiro atoms. The van der Waals surface area contributed by atoms with E-state index in [-0.39, 0.29) is 25.9 Å². The topological polar surface area (TPSA) is 20.2 Å². The summed E-state index contributed by atoms with van der Waals surface area (Å²) in [6, 6.07) is 0. The lowest BCUT2D eigenvalue weighted by atomic mass is 9.92. The van der Waals surface area contributed by atoms with E-state index in [9.17, 15) is 35.1 Å². The van der Waals surface area contributed by atoms with Gasteiger partial charge < -0.3 is 5.11 Å². The minimum absolute atomic E-state index is 0.0334. The third-order valence-electron chi connectivity index (χ3n) is 3.81. The highest BCUT2D eigenvalue weighted by molar-refractivity contribution is 5.03. The van der Waals surface area contributed by atoms with E-state index in [1.165, 1.54) is 0 Å². The summed E-state index contributed by atoms with van der Waals surface area (Å²) in [6.07, 6.45) is -3.12. The molecule has 0 saturated carbocycles. The molecular formula is C15H24F8O. The molecule has 0 atom stereocenters. The van der Waals surface area contributed by atoms with Gasteiger partial charge >= 0.3 is 23.7 Å². The standard InChI is InChI=1S/C15H24F8O/c1-2-3-4-6-9-12(16,17)14(20,21)15(22,23)13(18,19)10-7-5-8-11-24/h24H,2-11H2,1H3. The highest BCUT2D eigenvalue weighted by atomic mass is 19.4. The van der Waals surface area contributed by atoms with Gasteiger partial charge in [0.1, 0.15) is 0 Å². The Labute approximate surface area is 136 Å². The Hall–Kier alpha value is -0.600. The summed E-state index contributed by atoms with van der Waals surface area (Å²) in [7, 11) is 0. The highest BCUT2D eigenvalue weighted by Gasteiger charge is 2.79. The van der Waals surface area contributed by atoms with Crippen LogP contribution < -0.4 is 0 Å². The molecule has 146 valence electrons. The van der Waals surface area contributed by atoms with Gasteiger partial charge in [0.15, 0.2) is 0 Å². The van der Waals surface area contributed by atoms with Crippen LogP contribution in [0.4, 0.5) is 35.1 Å². The molecule has 0 aromatic carbocycles. The summed E-state index contributed by atoms with van der Waals surface area (Å²) in [5.41, 5.74) is 0. The number of halogens is 8. The van der Waals surface area contributed by atoms with Crippen molar-refractivity contribution in [3.63, 3.8) is 0 Å². The van der Waals surface area contributed by atoms with E-state index in [0.29, 0.717) is 12.8 Å².